The summed E-state index contributed by atoms with van der Waals surface area (Å²) in [7, 11) is 0. The molecule has 2 aromatic rings. The van der Waals surface area contributed by atoms with E-state index in [1.54, 1.807) is 18.2 Å². The molecule has 0 spiro atoms. The Kier molecular flexibility index (Phi) is 7.48. The summed E-state index contributed by atoms with van der Waals surface area (Å²) in [4.78, 5) is 16.7. The van der Waals surface area contributed by atoms with E-state index in [0.717, 1.165) is 0 Å². The molecule has 0 radical (unpaired) electrons. The largest absolute Gasteiger partial charge is 0.434 e. The van der Waals surface area contributed by atoms with Gasteiger partial charge >= 0.3 is 6.61 Å². The molecule has 1 atom stereocenters. The molecular weight excluding hydrogens is 368 g/mol. The fraction of sp³-hybridized carbons (Fsp3) is 0.550. The van der Waals surface area contributed by atoms with Crippen LogP contribution < -0.4 is 10.1 Å². The van der Waals surface area contributed by atoms with Crippen molar-refractivity contribution in [1.82, 2.24) is 15.5 Å². The van der Waals surface area contributed by atoms with Crippen LogP contribution in [0, 0.1) is 0 Å². The van der Waals surface area contributed by atoms with Gasteiger partial charge in [0.25, 0.3) is 0 Å². The Bertz CT molecular complexity index is 772. The molecule has 2 rings (SSSR count). The Morgan fingerprint density at radius 1 is 1.29 bits per heavy atom. The summed E-state index contributed by atoms with van der Waals surface area (Å²) in [6, 6.07) is 6.09. The normalized spacial score (nSPS) is 12.8. The van der Waals surface area contributed by atoms with E-state index in [4.69, 9.17) is 4.52 Å². The van der Waals surface area contributed by atoms with E-state index in [-0.39, 0.29) is 23.5 Å². The lowest BCUT2D eigenvalue weighted by Crippen LogP contribution is -2.28. The Labute approximate surface area is 163 Å². The standard InChI is InChI=1S/C20H27F2N3O3/c1-5-14(13-9-6-7-10-15(13)27-19(21)22)23-16(26)11-8-12-17-24-18(25-28-17)20(2,3)4/h6-7,9-10,14,19H,5,8,11-12H2,1-4H3,(H,23,26). The number of carbonyl (C=O) groups excluding carboxylic acids is 1. The third kappa shape index (κ3) is 6.28. The number of para-hydroxylation sites is 1. The first-order valence-corrected chi connectivity index (χ1v) is 9.37. The molecule has 1 unspecified atom stereocenters. The minimum atomic E-state index is -2.92. The number of nitrogens with one attached hydrogen (secondary N) is 1. The highest BCUT2D eigenvalue weighted by Gasteiger charge is 2.21. The Morgan fingerprint density at radius 3 is 2.61 bits per heavy atom. The van der Waals surface area contributed by atoms with Crippen molar-refractivity contribution >= 4 is 5.91 Å². The van der Waals surface area contributed by atoms with Crippen molar-refractivity contribution in [2.75, 3.05) is 0 Å². The van der Waals surface area contributed by atoms with E-state index in [1.807, 2.05) is 27.7 Å². The highest BCUT2D eigenvalue weighted by molar-refractivity contribution is 5.76. The molecule has 0 aliphatic heterocycles. The first-order chi connectivity index (χ1) is 13.2. The van der Waals surface area contributed by atoms with Crippen LogP contribution >= 0.6 is 0 Å². The maximum atomic E-state index is 12.6. The van der Waals surface area contributed by atoms with Gasteiger partial charge in [-0.25, -0.2) is 0 Å². The van der Waals surface area contributed by atoms with E-state index < -0.39 is 12.7 Å². The van der Waals surface area contributed by atoms with Crippen molar-refractivity contribution in [2.24, 2.45) is 0 Å². The van der Waals surface area contributed by atoms with Crippen LogP contribution in [-0.2, 0) is 16.6 Å². The summed E-state index contributed by atoms with van der Waals surface area (Å²) in [5.74, 6) is 1.04. The van der Waals surface area contributed by atoms with Crippen LogP contribution in [0.5, 0.6) is 5.75 Å². The zero-order chi connectivity index (χ0) is 20.7. The van der Waals surface area contributed by atoms with E-state index >= 15 is 0 Å². The smallest absolute Gasteiger partial charge is 0.387 e. The molecule has 0 saturated heterocycles. The monoisotopic (exact) mass is 395 g/mol. The summed E-state index contributed by atoms with van der Waals surface area (Å²) in [5.41, 5.74) is 0.339. The lowest BCUT2D eigenvalue weighted by atomic mass is 9.96. The van der Waals surface area contributed by atoms with E-state index in [2.05, 4.69) is 20.2 Å². The molecule has 0 fully saturated rings. The molecule has 6 nitrogen and oxygen atoms in total. The molecule has 0 aliphatic carbocycles. The average Bonchev–Trinajstić information content (AvgIpc) is 3.09. The number of hydrogen-bond donors (Lipinski definition) is 1. The number of carbonyl (C=O) groups is 1. The van der Waals surface area contributed by atoms with Gasteiger partial charge in [0.15, 0.2) is 5.82 Å². The fourth-order valence-corrected chi connectivity index (χ4v) is 2.70. The summed E-state index contributed by atoms with van der Waals surface area (Å²) in [6.45, 7) is 4.94. The van der Waals surface area contributed by atoms with Crippen LogP contribution in [0.15, 0.2) is 28.8 Å². The summed E-state index contributed by atoms with van der Waals surface area (Å²) in [5, 5.41) is 6.84. The molecule has 0 aliphatic rings. The Hall–Kier alpha value is -2.51. The number of aryl methyl sites for hydroxylation is 1. The molecule has 1 aromatic carbocycles. The van der Waals surface area contributed by atoms with E-state index in [0.29, 0.717) is 36.5 Å². The Balaban J connectivity index is 1.90. The molecule has 1 aromatic heterocycles. The quantitative estimate of drug-likeness (QED) is 0.674. The van der Waals surface area contributed by atoms with Crippen LogP contribution in [0.2, 0.25) is 0 Å². The number of alkyl halides is 2. The van der Waals surface area contributed by atoms with Gasteiger partial charge in [0.1, 0.15) is 5.75 Å². The van der Waals surface area contributed by atoms with Crippen LogP contribution in [-0.4, -0.2) is 22.7 Å². The van der Waals surface area contributed by atoms with Gasteiger partial charge in [0.05, 0.1) is 6.04 Å². The summed E-state index contributed by atoms with van der Waals surface area (Å²) < 4.78 is 35.0. The number of ether oxygens (including phenoxy) is 1. The zero-order valence-electron chi connectivity index (χ0n) is 16.7. The third-order valence-corrected chi connectivity index (χ3v) is 4.19. The zero-order valence-corrected chi connectivity index (χ0v) is 16.7. The van der Waals surface area contributed by atoms with Crippen molar-refractivity contribution in [2.45, 2.75) is 71.4 Å². The number of nitrogens with zero attached hydrogens (tertiary/aromatic N) is 2. The number of rotatable bonds is 9. The van der Waals surface area contributed by atoms with Crippen LogP contribution in [0.4, 0.5) is 8.78 Å². The number of hydrogen-bond acceptors (Lipinski definition) is 5. The minimum Gasteiger partial charge on any atom is -0.434 e. The van der Waals surface area contributed by atoms with Crippen molar-refractivity contribution in [3.05, 3.63) is 41.5 Å². The number of amides is 1. The third-order valence-electron chi connectivity index (χ3n) is 4.19. The SMILES string of the molecule is CCC(NC(=O)CCCc1nc(C(C)(C)C)no1)c1ccccc1OC(F)F. The van der Waals surface area contributed by atoms with Gasteiger partial charge in [0.2, 0.25) is 11.8 Å². The lowest BCUT2D eigenvalue weighted by molar-refractivity contribution is -0.122. The predicted molar refractivity (Wildman–Crippen MR) is 100 cm³/mol. The minimum absolute atomic E-state index is 0.0743. The molecule has 1 heterocycles. The van der Waals surface area contributed by atoms with Gasteiger partial charge in [-0.1, -0.05) is 51.1 Å². The highest BCUT2D eigenvalue weighted by atomic mass is 19.3. The molecular formula is C20H27F2N3O3. The van der Waals surface area contributed by atoms with Gasteiger partial charge in [0, 0.05) is 23.8 Å². The average molecular weight is 395 g/mol. The second-order valence-electron chi connectivity index (χ2n) is 7.56. The molecule has 28 heavy (non-hydrogen) atoms. The van der Waals surface area contributed by atoms with Gasteiger partial charge in [-0.15, -0.1) is 0 Å². The van der Waals surface area contributed by atoms with Crippen molar-refractivity contribution in [3.8, 4) is 5.75 Å². The number of halogens is 2. The van der Waals surface area contributed by atoms with Crippen LogP contribution in [0.25, 0.3) is 0 Å². The van der Waals surface area contributed by atoms with Crippen molar-refractivity contribution < 1.29 is 22.8 Å². The number of aromatic nitrogens is 2. The first kappa shape index (κ1) is 21.8. The summed E-state index contributed by atoms with van der Waals surface area (Å²) >= 11 is 0. The molecule has 0 saturated carbocycles. The van der Waals surface area contributed by atoms with Crippen molar-refractivity contribution in [1.29, 1.82) is 0 Å². The second kappa shape index (κ2) is 9.61. The van der Waals surface area contributed by atoms with Gasteiger partial charge in [-0.3, -0.25) is 4.79 Å². The lowest BCUT2D eigenvalue weighted by Gasteiger charge is -2.20. The highest BCUT2D eigenvalue weighted by Crippen LogP contribution is 2.28. The van der Waals surface area contributed by atoms with Crippen molar-refractivity contribution in [3.63, 3.8) is 0 Å². The molecule has 8 heteroatoms. The van der Waals surface area contributed by atoms with Gasteiger partial charge < -0.3 is 14.6 Å². The van der Waals surface area contributed by atoms with E-state index in [1.165, 1.54) is 6.07 Å². The topological polar surface area (TPSA) is 77.3 Å². The fourth-order valence-electron chi connectivity index (χ4n) is 2.70. The van der Waals surface area contributed by atoms with E-state index in [9.17, 15) is 13.6 Å². The number of benzene rings is 1. The van der Waals surface area contributed by atoms with Gasteiger partial charge in [-0.2, -0.15) is 13.8 Å². The summed E-state index contributed by atoms with van der Waals surface area (Å²) in [6.07, 6.45) is 1.86. The molecule has 0 bridgehead atoms. The predicted octanol–water partition coefficient (Wildman–Crippen LogP) is 4.56. The van der Waals surface area contributed by atoms with Crippen LogP contribution in [0.3, 0.4) is 0 Å². The second-order valence-corrected chi connectivity index (χ2v) is 7.56. The first-order valence-electron chi connectivity index (χ1n) is 9.37. The Morgan fingerprint density at radius 2 is 2.00 bits per heavy atom. The molecule has 1 N–H and O–H groups in total. The molecule has 154 valence electrons. The maximum absolute atomic E-state index is 12.6. The van der Waals surface area contributed by atoms with Gasteiger partial charge in [-0.05, 0) is 18.9 Å². The molecule has 1 amide bonds. The maximum Gasteiger partial charge on any atom is 0.387 e. The van der Waals surface area contributed by atoms with Crippen LogP contribution in [0.1, 0.15) is 70.3 Å².